The number of nitrogens with one attached hydrogen (secondary N) is 1. The van der Waals surface area contributed by atoms with Crippen LogP contribution in [0.2, 0.25) is 0 Å². The lowest BCUT2D eigenvalue weighted by Gasteiger charge is -2.18. The molecule has 3 rings (SSSR count). The quantitative estimate of drug-likeness (QED) is 0.438. The largest absolute Gasteiger partial charge is 0.508 e. The summed E-state index contributed by atoms with van der Waals surface area (Å²) in [5, 5.41) is 22.4. The zero-order chi connectivity index (χ0) is 21.8. The number of anilines is 2. The molecule has 1 amide bonds. The van der Waals surface area contributed by atoms with E-state index in [0.29, 0.717) is 16.5 Å². The number of aromatic hydroxyl groups is 1. The number of rotatable bonds is 8. The highest BCUT2D eigenvalue weighted by atomic mass is 19.1. The van der Waals surface area contributed by atoms with Gasteiger partial charge in [0.2, 0.25) is 0 Å². The number of aliphatic hydroxyl groups is 1. The number of aliphatic hydroxyl groups excluding tert-OH is 1. The van der Waals surface area contributed by atoms with Crippen LogP contribution in [0.15, 0.2) is 30.6 Å². The lowest BCUT2D eigenvalue weighted by atomic mass is 10.1. The number of carbonyl (C=O) groups excluding carboxylic acids is 1. The number of phenols is 1. The molecule has 158 valence electrons. The zero-order valence-corrected chi connectivity index (χ0v) is 16.3. The summed E-state index contributed by atoms with van der Waals surface area (Å²) in [4.78, 5) is 19.9. The van der Waals surface area contributed by atoms with Crippen molar-refractivity contribution in [2.75, 3.05) is 19.0 Å². The molecule has 0 aliphatic carbocycles. The number of amides is 1. The van der Waals surface area contributed by atoms with Crippen molar-refractivity contribution in [3.8, 4) is 17.2 Å². The molecular formula is C20H21FN4O5. The van der Waals surface area contributed by atoms with Gasteiger partial charge in [0.1, 0.15) is 23.7 Å². The number of nitrogens with zero attached hydrogens (tertiary/aromatic N) is 2. The highest BCUT2D eigenvalue weighted by Gasteiger charge is 2.21. The van der Waals surface area contributed by atoms with Crippen LogP contribution in [0, 0.1) is 12.7 Å². The molecule has 0 saturated carbocycles. The number of halogens is 1. The van der Waals surface area contributed by atoms with E-state index < -0.39 is 17.8 Å². The van der Waals surface area contributed by atoms with Crippen LogP contribution in [0.1, 0.15) is 12.0 Å². The van der Waals surface area contributed by atoms with E-state index in [4.69, 9.17) is 20.3 Å². The predicted molar refractivity (Wildman–Crippen MR) is 107 cm³/mol. The number of primary amides is 1. The number of nitrogens with two attached hydrogens (primary N) is 1. The van der Waals surface area contributed by atoms with Gasteiger partial charge in [-0.2, -0.15) is 0 Å². The third kappa shape index (κ3) is 4.18. The SMILES string of the molecule is COc1cc2c(Nc3c(F)ccc(O)c3C)ncnc2cc1OC(CCO)C(N)=O. The molecule has 0 aliphatic heterocycles. The van der Waals surface area contributed by atoms with E-state index in [1.54, 1.807) is 13.0 Å². The number of carbonyl (C=O) groups is 1. The van der Waals surface area contributed by atoms with Gasteiger partial charge in [-0.05, 0) is 25.1 Å². The monoisotopic (exact) mass is 416 g/mol. The van der Waals surface area contributed by atoms with Crippen LogP contribution >= 0.6 is 0 Å². The summed E-state index contributed by atoms with van der Waals surface area (Å²) in [5.41, 5.74) is 6.14. The highest BCUT2D eigenvalue weighted by molar-refractivity contribution is 5.93. The summed E-state index contributed by atoms with van der Waals surface area (Å²) in [7, 11) is 1.41. The van der Waals surface area contributed by atoms with Gasteiger partial charge < -0.3 is 30.7 Å². The van der Waals surface area contributed by atoms with E-state index in [9.17, 15) is 14.3 Å². The number of aromatic nitrogens is 2. The predicted octanol–water partition coefficient (Wildman–Crippen LogP) is 2.15. The second-order valence-corrected chi connectivity index (χ2v) is 6.46. The standard InChI is InChI=1S/C20H21FN4O5/c1-10-14(27)4-3-12(21)18(10)25-20-11-7-16(29-2)17(8-13(11)23-9-24-20)30-15(5-6-26)19(22)28/h3-4,7-9,15,26-27H,5-6H2,1-2H3,(H2,22,28)(H,23,24,25). The Balaban J connectivity index is 2.05. The van der Waals surface area contributed by atoms with Crippen molar-refractivity contribution in [1.82, 2.24) is 9.97 Å². The maximum atomic E-state index is 14.3. The van der Waals surface area contributed by atoms with Crippen molar-refractivity contribution in [2.24, 2.45) is 5.73 Å². The normalized spacial score (nSPS) is 11.9. The van der Waals surface area contributed by atoms with Crippen molar-refractivity contribution in [2.45, 2.75) is 19.4 Å². The van der Waals surface area contributed by atoms with Crippen molar-refractivity contribution < 1.29 is 28.9 Å². The molecule has 0 saturated heterocycles. The molecule has 2 aromatic carbocycles. The summed E-state index contributed by atoms with van der Waals surface area (Å²) in [5.74, 6) is -0.612. The molecule has 0 bridgehead atoms. The van der Waals surface area contributed by atoms with Crippen LogP contribution < -0.4 is 20.5 Å². The van der Waals surface area contributed by atoms with Gasteiger partial charge in [-0.3, -0.25) is 4.79 Å². The van der Waals surface area contributed by atoms with E-state index in [1.807, 2.05) is 0 Å². The number of hydrogen-bond acceptors (Lipinski definition) is 8. The summed E-state index contributed by atoms with van der Waals surface area (Å²) < 4.78 is 25.3. The lowest BCUT2D eigenvalue weighted by Crippen LogP contribution is -2.34. The van der Waals surface area contributed by atoms with Gasteiger partial charge in [-0.1, -0.05) is 0 Å². The minimum Gasteiger partial charge on any atom is -0.508 e. The highest BCUT2D eigenvalue weighted by Crippen LogP contribution is 2.37. The molecule has 1 unspecified atom stereocenters. The topological polar surface area (TPSA) is 140 Å². The maximum Gasteiger partial charge on any atom is 0.258 e. The van der Waals surface area contributed by atoms with Gasteiger partial charge >= 0.3 is 0 Å². The van der Waals surface area contributed by atoms with E-state index in [1.165, 1.54) is 25.6 Å². The van der Waals surface area contributed by atoms with Gasteiger partial charge in [0, 0.05) is 30.0 Å². The molecule has 3 aromatic rings. The minimum absolute atomic E-state index is 0.0170. The van der Waals surface area contributed by atoms with Crippen LogP contribution in [0.4, 0.5) is 15.9 Å². The lowest BCUT2D eigenvalue weighted by molar-refractivity contribution is -0.125. The molecule has 5 N–H and O–H groups in total. The molecule has 1 aromatic heterocycles. The van der Waals surface area contributed by atoms with E-state index >= 15 is 0 Å². The van der Waals surface area contributed by atoms with Crippen molar-refractivity contribution in [3.05, 3.63) is 42.0 Å². The van der Waals surface area contributed by atoms with Crippen LogP contribution in [0.25, 0.3) is 10.9 Å². The van der Waals surface area contributed by atoms with Gasteiger partial charge in [0.15, 0.2) is 17.6 Å². The number of methoxy groups -OCH3 is 1. The fourth-order valence-electron chi connectivity index (χ4n) is 2.88. The molecule has 30 heavy (non-hydrogen) atoms. The first-order valence-corrected chi connectivity index (χ1v) is 9.00. The molecule has 0 aliphatic rings. The van der Waals surface area contributed by atoms with Crippen LogP contribution in [0.3, 0.4) is 0 Å². The fourth-order valence-corrected chi connectivity index (χ4v) is 2.88. The average Bonchev–Trinajstić information content (AvgIpc) is 2.73. The second-order valence-electron chi connectivity index (χ2n) is 6.46. The summed E-state index contributed by atoms with van der Waals surface area (Å²) in [6.07, 6.45) is 0.240. The third-order valence-corrected chi connectivity index (χ3v) is 4.53. The van der Waals surface area contributed by atoms with Gasteiger partial charge in [-0.25, -0.2) is 14.4 Å². The van der Waals surface area contributed by atoms with Crippen molar-refractivity contribution >= 4 is 28.3 Å². The fraction of sp³-hybridized carbons (Fsp3) is 0.250. The summed E-state index contributed by atoms with van der Waals surface area (Å²) in [6, 6.07) is 5.51. The minimum atomic E-state index is -1.05. The second kappa shape index (κ2) is 8.78. The maximum absolute atomic E-state index is 14.3. The van der Waals surface area contributed by atoms with Crippen molar-refractivity contribution in [1.29, 1.82) is 0 Å². The van der Waals surface area contributed by atoms with Gasteiger partial charge in [0.25, 0.3) is 5.91 Å². The van der Waals surface area contributed by atoms with E-state index in [2.05, 4.69) is 15.3 Å². The number of fused-ring (bicyclic) bond motifs is 1. The molecular weight excluding hydrogens is 395 g/mol. The Morgan fingerprint density at radius 2 is 2.07 bits per heavy atom. The number of hydrogen-bond donors (Lipinski definition) is 4. The third-order valence-electron chi connectivity index (χ3n) is 4.53. The first kappa shape index (κ1) is 21.1. The molecule has 0 spiro atoms. The first-order chi connectivity index (χ1) is 14.3. The van der Waals surface area contributed by atoms with Gasteiger partial charge in [-0.15, -0.1) is 0 Å². The number of benzene rings is 2. The van der Waals surface area contributed by atoms with Gasteiger partial charge in [0.05, 0.1) is 18.3 Å². The van der Waals surface area contributed by atoms with Crippen molar-refractivity contribution in [3.63, 3.8) is 0 Å². The molecule has 1 heterocycles. The first-order valence-electron chi connectivity index (χ1n) is 9.00. The molecule has 9 nitrogen and oxygen atoms in total. The van der Waals surface area contributed by atoms with E-state index in [0.717, 1.165) is 6.07 Å². The Kier molecular flexibility index (Phi) is 6.17. The molecule has 10 heteroatoms. The number of ether oxygens (including phenoxy) is 2. The van der Waals surface area contributed by atoms with E-state index in [-0.39, 0.29) is 41.8 Å². The molecule has 0 radical (unpaired) electrons. The molecule has 1 atom stereocenters. The van der Waals surface area contributed by atoms with Crippen LogP contribution in [-0.4, -0.2) is 45.9 Å². The molecule has 0 fully saturated rings. The smallest absolute Gasteiger partial charge is 0.258 e. The summed E-state index contributed by atoms with van der Waals surface area (Å²) in [6.45, 7) is 1.29. The van der Waals surface area contributed by atoms with Crippen LogP contribution in [0.5, 0.6) is 17.2 Å². The van der Waals surface area contributed by atoms with Crippen LogP contribution in [-0.2, 0) is 4.79 Å². The Labute approximate surface area is 171 Å². The Bertz CT molecular complexity index is 1090. The summed E-state index contributed by atoms with van der Waals surface area (Å²) >= 11 is 0. The number of phenolic OH excluding ortho intramolecular Hbond substituents is 1. The Hall–Kier alpha value is -3.66. The zero-order valence-electron chi connectivity index (χ0n) is 16.3. The average molecular weight is 416 g/mol. The Morgan fingerprint density at radius 3 is 2.73 bits per heavy atom. The Morgan fingerprint density at radius 1 is 1.30 bits per heavy atom.